The number of hydrogen-bond donors (Lipinski definition) is 0. The molecule has 0 aromatic carbocycles. The lowest BCUT2D eigenvalue weighted by Crippen LogP contribution is -2.23. The summed E-state index contributed by atoms with van der Waals surface area (Å²) in [5.74, 6) is 1.37. The van der Waals surface area contributed by atoms with Crippen LogP contribution in [0.15, 0.2) is 0 Å². The summed E-state index contributed by atoms with van der Waals surface area (Å²) in [6.45, 7) is 0. The average molecular weight is 182 g/mol. The van der Waals surface area contributed by atoms with Crippen LogP contribution in [0.1, 0.15) is 6.42 Å². The van der Waals surface area contributed by atoms with Crippen molar-refractivity contribution < 1.29 is 19.1 Å². The first-order chi connectivity index (χ1) is 6.24. The molecule has 0 saturated heterocycles. The van der Waals surface area contributed by atoms with Gasteiger partial charge in [-0.15, -0.1) is 0 Å². The number of Topliss-reactive ketones (excluding diaryl/α,β-unsaturated/α-hetero) is 1. The summed E-state index contributed by atoms with van der Waals surface area (Å²) in [4.78, 5) is 22.3. The first-order valence-electron chi connectivity index (χ1n) is 4.52. The van der Waals surface area contributed by atoms with Gasteiger partial charge in [-0.1, -0.05) is 0 Å². The van der Waals surface area contributed by atoms with E-state index in [1.807, 2.05) is 0 Å². The predicted molar refractivity (Wildman–Crippen MR) is 40.9 cm³/mol. The Hall–Kier alpha value is -1.06. The molecule has 70 valence electrons. The predicted octanol–water partition coefficient (Wildman–Crippen LogP) is 0.603. The Labute approximate surface area is 75.2 Å². The number of methoxy groups -OCH3 is 1. The van der Waals surface area contributed by atoms with Crippen molar-refractivity contribution in [1.82, 2.24) is 0 Å². The fourth-order valence-corrected chi connectivity index (χ4v) is 3.09. The minimum atomic E-state index is -0.656. The molecule has 13 heavy (non-hydrogen) atoms. The van der Waals surface area contributed by atoms with Crippen molar-refractivity contribution in [1.29, 1.82) is 0 Å². The number of hydrogen-bond acceptors (Lipinski definition) is 4. The summed E-state index contributed by atoms with van der Waals surface area (Å²) in [5.41, 5.74) is 0. The van der Waals surface area contributed by atoms with Gasteiger partial charge < -0.3 is 9.47 Å². The third-order valence-corrected chi connectivity index (χ3v) is 3.62. The maximum atomic E-state index is 11.4. The summed E-state index contributed by atoms with van der Waals surface area (Å²) in [6, 6.07) is 0. The van der Waals surface area contributed by atoms with Crippen molar-refractivity contribution in [2.45, 2.75) is 12.5 Å². The van der Waals surface area contributed by atoms with Crippen LogP contribution in [-0.4, -0.2) is 25.2 Å². The molecule has 4 saturated carbocycles. The number of ketones is 1. The lowest BCUT2D eigenvalue weighted by molar-refractivity contribution is -0.122. The molecule has 0 heterocycles. The molecule has 4 aliphatic carbocycles. The molecule has 4 rings (SSSR count). The van der Waals surface area contributed by atoms with Gasteiger partial charge in [-0.05, 0) is 12.3 Å². The molecule has 5 atom stereocenters. The Morgan fingerprint density at radius 2 is 2.31 bits per heavy atom. The zero-order valence-electron chi connectivity index (χ0n) is 7.23. The van der Waals surface area contributed by atoms with Gasteiger partial charge in [-0.3, -0.25) is 4.79 Å². The fraction of sp³-hybridized carbons (Fsp3) is 0.778. The maximum absolute atomic E-state index is 11.4. The van der Waals surface area contributed by atoms with E-state index in [9.17, 15) is 9.59 Å². The van der Waals surface area contributed by atoms with E-state index in [1.165, 1.54) is 7.11 Å². The zero-order chi connectivity index (χ0) is 9.16. The molecule has 4 nitrogen and oxygen atoms in total. The van der Waals surface area contributed by atoms with Gasteiger partial charge in [0.1, 0.15) is 11.9 Å². The standard InChI is InChI=1S/C9H10O4/c1-12-9(11)13-8-4-2-3-5(6(3)8)7(4)10/h3-6,8H,2H2,1H3. The van der Waals surface area contributed by atoms with Crippen molar-refractivity contribution in [3.05, 3.63) is 0 Å². The minimum absolute atomic E-state index is 0.0147. The van der Waals surface area contributed by atoms with Crippen LogP contribution < -0.4 is 0 Å². The molecule has 0 aromatic rings. The first-order valence-corrected chi connectivity index (χ1v) is 4.52. The molecule has 0 N–H and O–H groups in total. The summed E-state index contributed by atoms with van der Waals surface area (Å²) in [5, 5.41) is 0. The van der Waals surface area contributed by atoms with E-state index >= 15 is 0 Å². The highest BCUT2D eigenvalue weighted by atomic mass is 16.7. The third kappa shape index (κ3) is 0.716. The van der Waals surface area contributed by atoms with Gasteiger partial charge in [0.15, 0.2) is 0 Å². The lowest BCUT2D eigenvalue weighted by Gasteiger charge is -2.13. The van der Waals surface area contributed by atoms with E-state index in [0.29, 0.717) is 17.6 Å². The van der Waals surface area contributed by atoms with Crippen LogP contribution in [0.5, 0.6) is 0 Å². The van der Waals surface area contributed by atoms with Crippen LogP contribution in [0.25, 0.3) is 0 Å². The van der Waals surface area contributed by atoms with E-state index in [2.05, 4.69) is 4.74 Å². The number of carbonyl (C=O) groups is 2. The highest BCUT2D eigenvalue weighted by Gasteiger charge is 2.75. The van der Waals surface area contributed by atoms with E-state index < -0.39 is 6.16 Å². The van der Waals surface area contributed by atoms with Gasteiger partial charge in [-0.25, -0.2) is 4.79 Å². The van der Waals surface area contributed by atoms with Gasteiger partial charge in [0.25, 0.3) is 0 Å². The third-order valence-electron chi connectivity index (χ3n) is 3.62. The molecular formula is C9H10O4. The topological polar surface area (TPSA) is 52.6 Å². The van der Waals surface area contributed by atoms with Gasteiger partial charge in [0, 0.05) is 11.8 Å². The van der Waals surface area contributed by atoms with Crippen molar-refractivity contribution in [2.75, 3.05) is 7.11 Å². The number of ether oxygens (including phenoxy) is 2. The smallest absolute Gasteiger partial charge is 0.438 e. The number of carbonyl (C=O) groups excluding carboxylic acids is 2. The molecule has 4 aliphatic rings. The van der Waals surface area contributed by atoms with Crippen molar-refractivity contribution >= 4 is 11.9 Å². The minimum Gasteiger partial charge on any atom is -0.438 e. The molecule has 5 unspecified atom stereocenters. The van der Waals surface area contributed by atoms with Crippen LogP contribution in [0.2, 0.25) is 0 Å². The molecule has 4 heteroatoms. The van der Waals surface area contributed by atoms with Crippen LogP contribution in [0.3, 0.4) is 0 Å². The molecule has 0 amide bonds. The molecule has 0 radical (unpaired) electrons. The largest absolute Gasteiger partial charge is 0.508 e. The van der Waals surface area contributed by atoms with Gasteiger partial charge in [0.2, 0.25) is 0 Å². The van der Waals surface area contributed by atoms with E-state index in [1.54, 1.807) is 0 Å². The van der Waals surface area contributed by atoms with Crippen molar-refractivity contribution in [3.63, 3.8) is 0 Å². The molecule has 0 aromatic heterocycles. The highest BCUT2D eigenvalue weighted by molar-refractivity contribution is 5.94. The second-order valence-electron chi connectivity index (χ2n) is 4.05. The SMILES string of the molecule is COC(=O)OC1C2CC3C(C2=O)C31. The van der Waals surface area contributed by atoms with E-state index in [-0.39, 0.29) is 17.9 Å². The zero-order valence-corrected chi connectivity index (χ0v) is 7.23. The molecule has 4 bridgehead atoms. The Kier molecular flexibility index (Phi) is 1.16. The van der Waals surface area contributed by atoms with Crippen LogP contribution in [-0.2, 0) is 14.3 Å². The summed E-state index contributed by atoms with van der Waals surface area (Å²) in [6.07, 6.45) is 0.0986. The molecule has 0 aliphatic heterocycles. The molecule has 4 fully saturated rings. The van der Waals surface area contributed by atoms with Gasteiger partial charge in [0.05, 0.1) is 13.0 Å². The van der Waals surface area contributed by atoms with Gasteiger partial charge in [-0.2, -0.15) is 0 Å². The summed E-state index contributed by atoms with van der Waals surface area (Å²) in [7, 11) is 1.29. The Balaban J connectivity index is 1.75. The summed E-state index contributed by atoms with van der Waals surface area (Å²) < 4.78 is 9.47. The molecule has 0 spiro atoms. The van der Waals surface area contributed by atoms with Crippen LogP contribution in [0, 0.1) is 23.7 Å². The second-order valence-corrected chi connectivity index (χ2v) is 4.05. The first kappa shape index (κ1) is 7.35. The normalized spacial score (nSPS) is 49.3. The monoisotopic (exact) mass is 182 g/mol. The Bertz CT molecular complexity index is 298. The average Bonchev–Trinajstić information content (AvgIpc) is 2.44. The molecular weight excluding hydrogens is 172 g/mol. The Morgan fingerprint density at radius 1 is 1.54 bits per heavy atom. The van der Waals surface area contributed by atoms with Crippen LogP contribution >= 0.6 is 0 Å². The van der Waals surface area contributed by atoms with Crippen molar-refractivity contribution in [2.24, 2.45) is 23.7 Å². The number of rotatable bonds is 1. The van der Waals surface area contributed by atoms with E-state index in [0.717, 1.165) is 6.42 Å². The Morgan fingerprint density at radius 3 is 2.69 bits per heavy atom. The van der Waals surface area contributed by atoms with Crippen molar-refractivity contribution in [3.8, 4) is 0 Å². The highest BCUT2D eigenvalue weighted by Crippen LogP contribution is 2.69. The fourth-order valence-electron chi connectivity index (χ4n) is 3.09. The quantitative estimate of drug-likeness (QED) is 0.557. The van der Waals surface area contributed by atoms with Gasteiger partial charge >= 0.3 is 6.16 Å². The summed E-state index contributed by atoms with van der Waals surface area (Å²) >= 11 is 0. The van der Waals surface area contributed by atoms with Crippen LogP contribution in [0.4, 0.5) is 4.79 Å². The second kappa shape index (κ2) is 2.05. The van der Waals surface area contributed by atoms with E-state index in [4.69, 9.17) is 4.74 Å². The maximum Gasteiger partial charge on any atom is 0.508 e. The lowest BCUT2D eigenvalue weighted by atomic mass is 10.1.